The number of carbonyl (C=O) groups excluding carboxylic acids is 1. The first-order chi connectivity index (χ1) is 5.52. The van der Waals surface area contributed by atoms with Crippen LogP contribution in [0, 0.1) is 7.14 Å². The summed E-state index contributed by atoms with van der Waals surface area (Å²) in [4.78, 5) is 10.9. The molecule has 2 N–H and O–H groups in total. The largest absolute Gasteiger partial charge is 0.399 e. The summed E-state index contributed by atoms with van der Waals surface area (Å²) in [7, 11) is 0. The van der Waals surface area contributed by atoms with E-state index in [0.717, 1.165) is 7.14 Å². The molecule has 1 aromatic carbocycles. The van der Waals surface area contributed by atoms with Crippen LogP contribution < -0.4 is 5.73 Å². The summed E-state index contributed by atoms with van der Waals surface area (Å²) >= 11 is 9.45. The minimum Gasteiger partial charge on any atom is -0.399 e. The highest BCUT2D eigenvalue weighted by atomic mass is 127. The fourth-order valence-electron chi connectivity index (χ4n) is 0.781. The zero-order chi connectivity index (χ0) is 9.30. The molecule has 0 heterocycles. The van der Waals surface area contributed by atoms with Gasteiger partial charge in [-0.25, -0.2) is 0 Å². The lowest BCUT2D eigenvalue weighted by molar-refractivity contribution is 0.108. The lowest BCUT2D eigenvalue weighted by Crippen LogP contribution is -1.99. The number of halogens is 4. The van der Waals surface area contributed by atoms with E-state index < -0.39 is 5.24 Å². The second kappa shape index (κ2) is 5.57. The Morgan fingerprint density at radius 2 is 1.69 bits per heavy atom. The fraction of sp³-hybridized carbons (Fsp3) is 0. The van der Waals surface area contributed by atoms with E-state index in [1.165, 1.54) is 0 Å². The van der Waals surface area contributed by atoms with Crippen molar-refractivity contribution in [2.24, 2.45) is 0 Å². The van der Waals surface area contributed by atoms with E-state index in [1.807, 2.05) is 45.2 Å². The number of hydrogen-bond acceptors (Lipinski definition) is 2. The second-order valence-corrected chi connectivity index (χ2v) is 4.80. The highest BCUT2D eigenvalue weighted by Crippen LogP contribution is 2.23. The van der Waals surface area contributed by atoms with Crippen molar-refractivity contribution >= 4 is 80.1 Å². The second-order valence-electron chi connectivity index (χ2n) is 2.13. The monoisotopic (exact) mass is 443 g/mol. The number of hydrogen-bond donors (Lipinski definition) is 1. The minimum absolute atomic E-state index is 0. The first-order valence-electron chi connectivity index (χ1n) is 2.96. The molecule has 6 heteroatoms. The predicted octanol–water partition coefficient (Wildman–Crippen LogP) is 3.28. The normalized spacial score (nSPS) is 9.15. The van der Waals surface area contributed by atoms with E-state index in [0.29, 0.717) is 11.3 Å². The molecule has 1 aromatic rings. The molecule has 0 aromatic heterocycles. The molecule has 0 amide bonds. The fourth-order valence-corrected chi connectivity index (χ4v) is 3.61. The van der Waals surface area contributed by atoms with Crippen LogP contribution in [0.15, 0.2) is 12.1 Å². The van der Waals surface area contributed by atoms with E-state index in [2.05, 4.69) is 0 Å². The van der Waals surface area contributed by atoms with Crippen molar-refractivity contribution in [1.82, 2.24) is 0 Å². The molecule has 0 aliphatic heterocycles. The van der Waals surface area contributed by atoms with Crippen molar-refractivity contribution in [3.63, 3.8) is 0 Å². The molecular weight excluding hydrogens is 439 g/mol. The standard InChI is InChI=1S/C7H4ClI2NO.ClH/c8-7(12)6-4(9)1-3(11)2-5(6)10;/h1-2H,11H2;1H. The van der Waals surface area contributed by atoms with Gasteiger partial charge in [-0.05, 0) is 68.9 Å². The molecule has 0 radical (unpaired) electrons. The Balaban J connectivity index is 0.00000144. The molecule has 0 fully saturated rings. The minimum atomic E-state index is -0.441. The Morgan fingerprint density at radius 1 is 1.31 bits per heavy atom. The Bertz CT molecular complexity index is 320. The molecule has 0 saturated heterocycles. The molecule has 1 rings (SSSR count). The lowest BCUT2D eigenvalue weighted by atomic mass is 10.2. The molecule has 0 aliphatic rings. The smallest absolute Gasteiger partial charge is 0.254 e. The molecule has 0 spiro atoms. The Morgan fingerprint density at radius 3 is 2.00 bits per heavy atom. The van der Waals surface area contributed by atoms with Gasteiger partial charge in [0.05, 0.1) is 5.56 Å². The molecular formula is C7H5Cl2I2NO. The summed E-state index contributed by atoms with van der Waals surface area (Å²) in [6.45, 7) is 0. The average molecular weight is 444 g/mol. The van der Waals surface area contributed by atoms with Crippen molar-refractivity contribution in [3.05, 3.63) is 24.8 Å². The first kappa shape index (κ1) is 13.7. The first-order valence-corrected chi connectivity index (χ1v) is 5.50. The van der Waals surface area contributed by atoms with Gasteiger partial charge in [0.15, 0.2) is 0 Å². The van der Waals surface area contributed by atoms with E-state index >= 15 is 0 Å². The van der Waals surface area contributed by atoms with Crippen molar-refractivity contribution in [2.45, 2.75) is 0 Å². The lowest BCUT2D eigenvalue weighted by Gasteiger charge is -2.03. The maximum atomic E-state index is 10.9. The van der Waals surface area contributed by atoms with E-state index in [-0.39, 0.29) is 12.4 Å². The van der Waals surface area contributed by atoms with Crippen LogP contribution in [0.2, 0.25) is 0 Å². The number of anilines is 1. The van der Waals surface area contributed by atoms with Crippen LogP contribution in [0.4, 0.5) is 5.69 Å². The van der Waals surface area contributed by atoms with Crippen LogP contribution in [0.5, 0.6) is 0 Å². The predicted molar refractivity (Wildman–Crippen MR) is 73.7 cm³/mol. The molecule has 0 saturated carbocycles. The maximum Gasteiger partial charge on any atom is 0.254 e. The third-order valence-corrected chi connectivity index (χ3v) is 3.15. The third kappa shape index (κ3) is 3.41. The number of nitrogen functional groups attached to an aromatic ring is 1. The summed E-state index contributed by atoms with van der Waals surface area (Å²) in [6, 6.07) is 3.44. The van der Waals surface area contributed by atoms with Gasteiger partial charge in [-0.2, -0.15) is 0 Å². The molecule has 2 nitrogen and oxygen atoms in total. The van der Waals surface area contributed by atoms with Crippen LogP contribution >= 0.6 is 69.2 Å². The Labute approximate surface area is 114 Å². The maximum absolute atomic E-state index is 10.9. The van der Waals surface area contributed by atoms with Crippen molar-refractivity contribution < 1.29 is 4.79 Å². The van der Waals surface area contributed by atoms with Gasteiger partial charge in [0.25, 0.3) is 5.24 Å². The van der Waals surface area contributed by atoms with Crippen molar-refractivity contribution in [2.75, 3.05) is 5.73 Å². The SMILES string of the molecule is Cl.Nc1cc(I)c(C(=O)Cl)c(I)c1. The van der Waals surface area contributed by atoms with Gasteiger partial charge in [-0.15, -0.1) is 12.4 Å². The molecule has 0 unspecified atom stereocenters. The molecule has 0 aliphatic carbocycles. The summed E-state index contributed by atoms with van der Waals surface area (Å²) < 4.78 is 1.58. The molecule has 0 bridgehead atoms. The zero-order valence-electron chi connectivity index (χ0n) is 6.18. The van der Waals surface area contributed by atoms with Gasteiger partial charge < -0.3 is 5.73 Å². The number of nitrogens with two attached hydrogens (primary N) is 1. The summed E-state index contributed by atoms with van der Waals surface area (Å²) in [5, 5.41) is -0.441. The van der Waals surface area contributed by atoms with Gasteiger partial charge in [-0.3, -0.25) is 4.79 Å². The molecule has 13 heavy (non-hydrogen) atoms. The van der Waals surface area contributed by atoms with Crippen LogP contribution in [-0.2, 0) is 0 Å². The van der Waals surface area contributed by atoms with Crippen molar-refractivity contribution in [1.29, 1.82) is 0 Å². The van der Waals surface area contributed by atoms with Crippen LogP contribution in [0.1, 0.15) is 10.4 Å². The van der Waals surface area contributed by atoms with Crippen LogP contribution in [0.25, 0.3) is 0 Å². The van der Waals surface area contributed by atoms with E-state index in [9.17, 15) is 4.79 Å². The number of carbonyl (C=O) groups is 1. The summed E-state index contributed by atoms with van der Waals surface area (Å²) in [5.74, 6) is 0. The Kier molecular flexibility index (Phi) is 5.88. The van der Waals surface area contributed by atoms with Gasteiger partial charge in [0, 0.05) is 12.8 Å². The van der Waals surface area contributed by atoms with Gasteiger partial charge in [-0.1, -0.05) is 0 Å². The van der Waals surface area contributed by atoms with Gasteiger partial charge in [0.1, 0.15) is 0 Å². The Hall–Kier alpha value is 0.730. The van der Waals surface area contributed by atoms with E-state index in [1.54, 1.807) is 12.1 Å². The quantitative estimate of drug-likeness (QED) is 0.411. The van der Waals surface area contributed by atoms with Gasteiger partial charge in [0.2, 0.25) is 0 Å². The summed E-state index contributed by atoms with van der Waals surface area (Å²) in [5.41, 5.74) is 6.74. The number of benzene rings is 1. The average Bonchev–Trinajstić information content (AvgIpc) is 1.82. The van der Waals surface area contributed by atoms with Crippen LogP contribution in [0.3, 0.4) is 0 Å². The highest BCUT2D eigenvalue weighted by Gasteiger charge is 2.11. The third-order valence-electron chi connectivity index (χ3n) is 1.26. The molecule has 0 atom stereocenters. The number of rotatable bonds is 1. The van der Waals surface area contributed by atoms with Gasteiger partial charge >= 0.3 is 0 Å². The van der Waals surface area contributed by atoms with E-state index in [4.69, 9.17) is 17.3 Å². The zero-order valence-corrected chi connectivity index (χ0v) is 12.1. The molecule has 72 valence electrons. The van der Waals surface area contributed by atoms with Crippen LogP contribution in [-0.4, -0.2) is 5.24 Å². The van der Waals surface area contributed by atoms with Crippen molar-refractivity contribution in [3.8, 4) is 0 Å². The highest BCUT2D eigenvalue weighted by molar-refractivity contribution is 14.1. The topological polar surface area (TPSA) is 43.1 Å². The summed E-state index contributed by atoms with van der Waals surface area (Å²) in [6.07, 6.45) is 0.